The van der Waals surface area contributed by atoms with E-state index in [4.69, 9.17) is 10.6 Å². The lowest BCUT2D eigenvalue weighted by Crippen LogP contribution is -2.31. The molecule has 96 valence electrons. The number of benzene rings is 1. The topological polar surface area (TPSA) is 65.1 Å². The van der Waals surface area contributed by atoms with Crippen LogP contribution in [0.4, 0.5) is 0 Å². The number of rotatable bonds is 6. The number of aromatic nitrogens is 2. The second-order valence-electron chi connectivity index (χ2n) is 4.07. The molecular weight excluding hydrogens is 228 g/mol. The van der Waals surface area contributed by atoms with Crippen molar-refractivity contribution >= 4 is 0 Å². The van der Waals surface area contributed by atoms with Crippen LogP contribution < -0.4 is 16.0 Å². The standard InChI is InChI=1S/C13H18N4O/c1-17-9-8-15-13(17)12(16-14)7-10-18-11-5-3-2-4-6-11/h2-6,8-9,12,16H,7,10,14H2,1H3. The second kappa shape index (κ2) is 6.18. The maximum Gasteiger partial charge on any atom is 0.127 e. The van der Waals surface area contributed by atoms with Gasteiger partial charge in [-0.1, -0.05) is 18.2 Å². The Labute approximate surface area is 107 Å². The first-order valence-electron chi connectivity index (χ1n) is 5.92. The van der Waals surface area contributed by atoms with Gasteiger partial charge < -0.3 is 9.30 Å². The number of para-hydroxylation sites is 1. The van der Waals surface area contributed by atoms with Crippen molar-refractivity contribution in [2.45, 2.75) is 12.5 Å². The van der Waals surface area contributed by atoms with E-state index < -0.39 is 0 Å². The molecule has 0 bridgehead atoms. The zero-order chi connectivity index (χ0) is 12.8. The van der Waals surface area contributed by atoms with E-state index in [1.54, 1.807) is 6.20 Å². The average Bonchev–Trinajstić information content (AvgIpc) is 2.82. The second-order valence-corrected chi connectivity index (χ2v) is 4.07. The molecule has 5 nitrogen and oxygen atoms in total. The van der Waals surface area contributed by atoms with Gasteiger partial charge in [-0.25, -0.2) is 10.4 Å². The molecule has 1 unspecified atom stereocenters. The van der Waals surface area contributed by atoms with Crippen molar-refractivity contribution in [1.82, 2.24) is 15.0 Å². The lowest BCUT2D eigenvalue weighted by molar-refractivity contribution is 0.282. The number of ether oxygens (including phenoxy) is 1. The molecule has 1 atom stereocenters. The fourth-order valence-corrected chi connectivity index (χ4v) is 1.81. The number of aryl methyl sites for hydroxylation is 1. The quantitative estimate of drug-likeness (QED) is 0.597. The molecule has 0 aliphatic heterocycles. The van der Waals surface area contributed by atoms with Gasteiger partial charge in [0.15, 0.2) is 0 Å². The summed E-state index contributed by atoms with van der Waals surface area (Å²) in [6.45, 7) is 0.589. The molecule has 18 heavy (non-hydrogen) atoms. The van der Waals surface area contributed by atoms with Crippen molar-refractivity contribution in [2.24, 2.45) is 12.9 Å². The first-order chi connectivity index (χ1) is 8.81. The minimum Gasteiger partial charge on any atom is -0.494 e. The van der Waals surface area contributed by atoms with Gasteiger partial charge >= 0.3 is 0 Å². The Bertz CT molecular complexity index is 469. The van der Waals surface area contributed by atoms with Crippen LogP contribution in [-0.4, -0.2) is 16.2 Å². The molecule has 0 spiro atoms. The molecule has 1 heterocycles. The number of imidazole rings is 1. The van der Waals surface area contributed by atoms with Crippen LogP contribution >= 0.6 is 0 Å². The van der Waals surface area contributed by atoms with E-state index in [1.165, 1.54) is 0 Å². The smallest absolute Gasteiger partial charge is 0.127 e. The highest BCUT2D eigenvalue weighted by Gasteiger charge is 2.13. The van der Waals surface area contributed by atoms with Crippen LogP contribution in [0.1, 0.15) is 18.3 Å². The normalized spacial score (nSPS) is 12.3. The first kappa shape index (κ1) is 12.6. The Balaban J connectivity index is 1.87. The monoisotopic (exact) mass is 246 g/mol. The lowest BCUT2D eigenvalue weighted by atomic mass is 10.2. The molecule has 3 N–H and O–H groups in total. The molecule has 0 fully saturated rings. The van der Waals surface area contributed by atoms with Gasteiger partial charge in [-0.15, -0.1) is 0 Å². The van der Waals surface area contributed by atoms with Gasteiger partial charge in [-0.3, -0.25) is 5.84 Å². The van der Waals surface area contributed by atoms with Gasteiger partial charge in [0.2, 0.25) is 0 Å². The third-order valence-corrected chi connectivity index (χ3v) is 2.79. The minimum atomic E-state index is -0.00582. The predicted molar refractivity (Wildman–Crippen MR) is 69.8 cm³/mol. The Kier molecular flexibility index (Phi) is 4.33. The van der Waals surface area contributed by atoms with E-state index in [1.807, 2.05) is 48.1 Å². The van der Waals surface area contributed by atoms with Crippen molar-refractivity contribution in [3.05, 3.63) is 48.5 Å². The molecule has 1 aromatic carbocycles. The number of nitrogens with one attached hydrogen (secondary N) is 1. The van der Waals surface area contributed by atoms with Crippen molar-refractivity contribution in [1.29, 1.82) is 0 Å². The highest BCUT2D eigenvalue weighted by atomic mass is 16.5. The molecule has 2 rings (SSSR count). The van der Waals surface area contributed by atoms with Gasteiger partial charge in [0.1, 0.15) is 11.6 Å². The van der Waals surface area contributed by atoms with Crippen molar-refractivity contribution < 1.29 is 4.74 Å². The van der Waals surface area contributed by atoms with Crippen molar-refractivity contribution in [2.75, 3.05) is 6.61 Å². The lowest BCUT2D eigenvalue weighted by Gasteiger charge is -2.16. The molecule has 5 heteroatoms. The van der Waals surface area contributed by atoms with Crippen molar-refractivity contribution in [3.8, 4) is 5.75 Å². The van der Waals surface area contributed by atoms with Crippen LogP contribution in [0.2, 0.25) is 0 Å². The molecule has 0 aliphatic rings. The van der Waals surface area contributed by atoms with Gasteiger partial charge in [0.05, 0.1) is 12.6 Å². The van der Waals surface area contributed by atoms with Crippen LogP contribution in [0.3, 0.4) is 0 Å². The van der Waals surface area contributed by atoms with E-state index in [9.17, 15) is 0 Å². The fraction of sp³-hybridized carbons (Fsp3) is 0.308. The molecule has 0 saturated heterocycles. The summed E-state index contributed by atoms with van der Waals surface area (Å²) in [6, 6.07) is 9.73. The van der Waals surface area contributed by atoms with Crippen molar-refractivity contribution in [3.63, 3.8) is 0 Å². The van der Waals surface area contributed by atoms with Gasteiger partial charge in [0, 0.05) is 25.9 Å². The molecule has 1 aromatic heterocycles. The zero-order valence-electron chi connectivity index (χ0n) is 10.4. The number of hydrazine groups is 1. The number of nitrogens with zero attached hydrogens (tertiary/aromatic N) is 2. The molecule has 2 aromatic rings. The third kappa shape index (κ3) is 3.09. The summed E-state index contributed by atoms with van der Waals surface area (Å²) in [5.74, 6) is 7.33. The molecule has 0 aliphatic carbocycles. The van der Waals surface area contributed by atoms with Gasteiger partial charge in [0.25, 0.3) is 0 Å². The average molecular weight is 246 g/mol. The minimum absolute atomic E-state index is 0.00582. The van der Waals surface area contributed by atoms with E-state index in [0.29, 0.717) is 6.61 Å². The summed E-state index contributed by atoms with van der Waals surface area (Å²) >= 11 is 0. The zero-order valence-corrected chi connectivity index (χ0v) is 10.4. The van der Waals surface area contributed by atoms with Crippen LogP contribution in [0.15, 0.2) is 42.7 Å². The molecule has 0 amide bonds. The van der Waals surface area contributed by atoms with Crippen LogP contribution in [0.5, 0.6) is 5.75 Å². The first-order valence-corrected chi connectivity index (χ1v) is 5.92. The molecular formula is C13H18N4O. The molecule has 0 saturated carbocycles. The summed E-state index contributed by atoms with van der Waals surface area (Å²) in [4.78, 5) is 4.28. The van der Waals surface area contributed by atoms with Crippen LogP contribution in [-0.2, 0) is 7.05 Å². The largest absolute Gasteiger partial charge is 0.494 e. The summed E-state index contributed by atoms with van der Waals surface area (Å²) < 4.78 is 7.60. The summed E-state index contributed by atoms with van der Waals surface area (Å²) in [7, 11) is 1.95. The van der Waals surface area contributed by atoms with E-state index in [2.05, 4.69) is 10.4 Å². The van der Waals surface area contributed by atoms with Gasteiger partial charge in [-0.05, 0) is 12.1 Å². The van der Waals surface area contributed by atoms with E-state index >= 15 is 0 Å². The highest BCUT2D eigenvalue weighted by molar-refractivity contribution is 5.20. The van der Waals surface area contributed by atoms with E-state index in [-0.39, 0.29) is 6.04 Å². The highest BCUT2D eigenvalue weighted by Crippen LogP contribution is 2.15. The predicted octanol–water partition coefficient (Wildman–Crippen LogP) is 1.39. The number of hydrogen-bond acceptors (Lipinski definition) is 4. The summed E-state index contributed by atoms with van der Waals surface area (Å²) in [5, 5.41) is 0. The maximum absolute atomic E-state index is 5.64. The maximum atomic E-state index is 5.64. The van der Waals surface area contributed by atoms with Crippen LogP contribution in [0, 0.1) is 0 Å². The Morgan fingerprint density at radius 3 is 2.78 bits per heavy atom. The molecule has 0 radical (unpaired) electrons. The van der Waals surface area contributed by atoms with Gasteiger partial charge in [-0.2, -0.15) is 0 Å². The Morgan fingerprint density at radius 2 is 2.17 bits per heavy atom. The fourth-order valence-electron chi connectivity index (χ4n) is 1.81. The summed E-state index contributed by atoms with van der Waals surface area (Å²) in [5.41, 5.74) is 2.77. The number of hydrogen-bond donors (Lipinski definition) is 2. The van der Waals surface area contributed by atoms with Crippen LogP contribution in [0.25, 0.3) is 0 Å². The Morgan fingerprint density at radius 1 is 1.39 bits per heavy atom. The Hall–Kier alpha value is -1.85. The third-order valence-electron chi connectivity index (χ3n) is 2.79. The van der Waals surface area contributed by atoms with E-state index in [0.717, 1.165) is 18.0 Å². The SMILES string of the molecule is Cn1ccnc1C(CCOc1ccccc1)NN. The number of nitrogens with two attached hydrogens (primary N) is 1. The summed E-state index contributed by atoms with van der Waals surface area (Å²) in [6.07, 6.45) is 4.42.